The van der Waals surface area contributed by atoms with E-state index in [1.807, 2.05) is 7.05 Å². The van der Waals surface area contributed by atoms with Crippen LogP contribution in [0.5, 0.6) is 0 Å². The van der Waals surface area contributed by atoms with Crippen molar-refractivity contribution in [2.45, 2.75) is 38.0 Å². The predicted molar refractivity (Wildman–Crippen MR) is 43.6 cm³/mol. The van der Waals surface area contributed by atoms with Crippen LogP contribution in [0.3, 0.4) is 0 Å². The van der Waals surface area contributed by atoms with Gasteiger partial charge in [-0.2, -0.15) is 0 Å². The maximum atomic E-state index is 13.2. The number of halogens is 2. The molecule has 1 heterocycles. The van der Waals surface area contributed by atoms with Gasteiger partial charge in [0.25, 0.3) is 0 Å². The van der Waals surface area contributed by atoms with Crippen molar-refractivity contribution in [1.29, 1.82) is 0 Å². The molecule has 0 aromatic rings. The fourth-order valence-electron chi connectivity index (χ4n) is 2.69. The summed E-state index contributed by atoms with van der Waals surface area (Å²) in [7, 11) is 2.01. The molecular formula is C9H15F2N. The first kappa shape index (κ1) is 8.42. The highest BCUT2D eigenvalue weighted by molar-refractivity contribution is 5.18. The molecule has 1 saturated heterocycles. The van der Waals surface area contributed by atoms with Crippen molar-refractivity contribution in [3.8, 4) is 0 Å². The zero-order valence-electron chi connectivity index (χ0n) is 7.56. The van der Waals surface area contributed by atoms with Gasteiger partial charge >= 0.3 is 0 Å². The Labute approximate surface area is 71.7 Å². The van der Waals surface area contributed by atoms with Crippen molar-refractivity contribution in [1.82, 2.24) is 4.90 Å². The number of alkyl halides is 2. The maximum absolute atomic E-state index is 13.2. The van der Waals surface area contributed by atoms with Gasteiger partial charge in [-0.05, 0) is 26.8 Å². The third kappa shape index (κ3) is 0.859. The molecule has 0 amide bonds. The zero-order chi connectivity index (χ0) is 8.93. The van der Waals surface area contributed by atoms with Crippen LogP contribution in [0.1, 0.15) is 19.8 Å². The molecule has 1 aliphatic heterocycles. The number of piperidine rings is 1. The van der Waals surface area contributed by atoms with E-state index in [9.17, 15) is 8.78 Å². The topological polar surface area (TPSA) is 3.24 Å². The first-order valence-corrected chi connectivity index (χ1v) is 4.54. The fourth-order valence-corrected chi connectivity index (χ4v) is 2.69. The molecule has 0 radical (unpaired) electrons. The van der Waals surface area contributed by atoms with Crippen molar-refractivity contribution in [3.63, 3.8) is 0 Å². The molecule has 3 heteroatoms. The van der Waals surface area contributed by atoms with Gasteiger partial charge in [0.1, 0.15) is 12.8 Å². The van der Waals surface area contributed by atoms with E-state index in [0.717, 1.165) is 12.8 Å². The van der Waals surface area contributed by atoms with Gasteiger partial charge in [0, 0.05) is 17.5 Å². The van der Waals surface area contributed by atoms with Gasteiger partial charge in [-0.15, -0.1) is 0 Å². The third-order valence-corrected chi connectivity index (χ3v) is 3.70. The van der Waals surface area contributed by atoms with Crippen molar-refractivity contribution in [2.75, 3.05) is 13.7 Å². The molecule has 2 fully saturated rings. The number of nitrogens with zero attached hydrogens (tertiary/aromatic N) is 1. The molecule has 0 spiro atoms. The van der Waals surface area contributed by atoms with Crippen LogP contribution < -0.4 is 0 Å². The summed E-state index contributed by atoms with van der Waals surface area (Å²) in [5.41, 5.74) is -0.303. The third-order valence-electron chi connectivity index (χ3n) is 3.70. The Morgan fingerprint density at radius 3 is 2.67 bits per heavy atom. The molecule has 0 bridgehead atoms. The number of hydrogen-bond acceptors (Lipinski definition) is 1. The second-order valence-corrected chi connectivity index (χ2v) is 4.29. The molecule has 70 valence electrons. The second kappa shape index (κ2) is 2.41. The molecule has 2 rings (SSSR count). The summed E-state index contributed by atoms with van der Waals surface area (Å²) in [6.07, 6.45) is 0.466. The number of likely N-dealkylation sites (tertiary alicyclic amines) is 1. The minimum atomic E-state index is -1.23. The average molecular weight is 175 g/mol. The van der Waals surface area contributed by atoms with E-state index < -0.39 is 12.8 Å². The summed E-state index contributed by atoms with van der Waals surface area (Å²) >= 11 is 0. The molecular weight excluding hydrogens is 160 g/mol. The van der Waals surface area contributed by atoms with Crippen LogP contribution in [0.2, 0.25) is 0 Å². The molecule has 4 atom stereocenters. The van der Waals surface area contributed by atoms with Gasteiger partial charge in [0.2, 0.25) is 0 Å². The van der Waals surface area contributed by atoms with Crippen LogP contribution in [0.25, 0.3) is 0 Å². The molecule has 2 aliphatic rings. The van der Waals surface area contributed by atoms with E-state index >= 15 is 0 Å². The van der Waals surface area contributed by atoms with Crippen LogP contribution in [-0.4, -0.2) is 36.9 Å². The summed E-state index contributed by atoms with van der Waals surface area (Å²) in [6, 6.07) is 0.742. The van der Waals surface area contributed by atoms with Crippen LogP contribution in [0, 0.1) is 5.41 Å². The molecule has 0 aromatic carbocycles. The van der Waals surface area contributed by atoms with E-state index in [1.54, 1.807) is 0 Å². The van der Waals surface area contributed by atoms with Crippen molar-refractivity contribution in [2.24, 2.45) is 5.41 Å². The van der Waals surface area contributed by atoms with Gasteiger partial charge in [-0.25, -0.2) is 8.78 Å². The minimum Gasteiger partial charge on any atom is -0.300 e. The number of rotatable bonds is 2. The van der Waals surface area contributed by atoms with Crippen LogP contribution in [0.15, 0.2) is 0 Å². The lowest BCUT2D eigenvalue weighted by Crippen LogP contribution is -2.25. The van der Waals surface area contributed by atoms with Gasteiger partial charge in [0.05, 0.1) is 0 Å². The van der Waals surface area contributed by atoms with E-state index in [2.05, 4.69) is 11.8 Å². The number of fused-ring (bicyclic) bond motifs is 1. The standard InChI is InChI=1S/C9H15F2N/c1-6-3-9(7(11)5-10)4-8(9)12(6)2/h6-8H,3-5H2,1-2H3/t6-,7+,8?,9+/m1/s1. The molecule has 12 heavy (non-hydrogen) atoms. The Kier molecular flexibility index (Phi) is 1.69. The summed E-state index contributed by atoms with van der Waals surface area (Å²) < 4.78 is 25.4. The van der Waals surface area contributed by atoms with Gasteiger partial charge in [0.15, 0.2) is 0 Å². The first-order valence-electron chi connectivity index (χ1n) is 4.54. The highest BCUT2D eigenvalue weighted by Gasteiger charge is 2.66. The first-order chi connectivity index (χ1) is 5.62. The zero-order valence-corrected chi connectivity index (χ0v) is 7.56. The van der Waals surface area contributed by atoms with E-state index in [1.165, 1.54) is 0 Å². The Balaban J connectivity index is 2.09. The van der Waals surface area contributed by atoms with Gasteiger partial charge in [-0.1, -0.05) is 0 Å². The highest BCUT2D eigenvalue weighted by Crippen LogP contribution is 2.61. The Hall–Kier alpha value is -0.180. The predicted octanol–water partition coefficient (Wildman–Crippen LogP) is 1.78. The summed E-state index contributed by atoms with van der Waals surface area (Å²) in [6.45, 7) is 1.27. The summed E-state index contributed by atoms with van der Waals surface area (Å²) in [5, 5.41) is 0. The molecule has 1 aliphatic carbocycles. The largest absolute Gasteiger partial charge is 0.300 e. The van der Waals surface area contributed by atoms with Gasteiger partial charge in [-0.3, -0.25) is 0 Å². The smallest absolute Gasteiger partial charge is 0.136 e. The normalized spacial score (nSPS) is 49.0. The minimum absolute atomic E-state index is 0.303. The molecule has 0 aromatic heterocycles. The molecule has 0 N–H and O–H groups in total. The lowest BCUT2D eigenvalue weighted by molar-refractivity contribution is 0.162. The molecule has 1 unspecified atom stereocenters. The highest BCUT2D eigenvalue weighted by atomic mass is 19.2. The van der Waals surface area contributed by atoms with E-state index in [-0.39, 0.29) is 5.41 Å². The molecule has 1 nitrogen and oxygen atoms in total. The lowest BCUT2D eigenvalue weighted by atomic mass is 9.95. The maximum Gasteiger partial charge on any atom is 0.136 e. The second-order valence-electron chi connectivity index (χ2n) is 4.29. The molecule has 1 saturated carbocycles. The average Bonchev–Trinajstić information content (AvgIpc) is 2.72. The fraction of sp³-hybridized carbons (Fsp3) is 1.00. The van der Waals surface area contributed by atoms with E-state index in [4.69, 9.17) is 0 Å². The van der Waals surface area contributed by atoms with Crippen LogP contribution in [-0.2, 0) is 0 Å². The summed E-state index contributed by atoms with van der Waals surface area (Å²) in [4.78, 5) is 2.18. The lowest BCUT2D eigenvalue weighted by Gasteiger charge is -2.18. The van der Waals surface area contributed by atoms with Crippen LogP contribution in [0.4, 0.5) is 8.78 Å². The Bertz CT molecular complexity index is 197. The number of hydrogen-bond donors (Lipinski definition) is 0. The van der Waals surface area contributed by atoms with Crippen molar-refractivity contribution < 1.29 is 8.78 Å². The van der Waals surface area contributed by atoms with E-state index in [0.29, 0.717) is 12.1 Å². The Morgan fingerprint density at radius 2 is 2.25 bits per heavy atom. The van der Waals surface area contributed by atoms with Crippen LogP contribution >= 0.6 is 0 Å². The Morgan fingerprint density at radius 1 is 1.58 bits per heavy atom. The quantitative estimate of drug-likeness (QED) is 0.618. The monoisotopic (exact) mass is 175 g/mol. The SMILES string of the molecule is C[C@@H]1C[C@@]2([C@@H](F)CF)CC2N1C. The van der Waals surface area contributed by atoms with Crippen molar-refractivity contribution >= 4 is 0 Å². The summed E-state index contributed by atoms with van der Waals surface area (Å²) in [5.74, 6) is 0. The van der Waals surface area contributed by atoms with Gasteiger partial charge < -0.3 is 4.90 Å². The van der Waals surface area contributed by atoms with Crippen molar-refractivity contribution in [3.05, 3.63) is 0 Å².